The second-order valence-corrected chi connectivity index (χ2v) is 9.12. The van der Waals surface area contributed by atoms with E-state index in [4.69, 9.17) is 0 Å². The van der Waals surface area contributed by atoms with E-state index in [1.54, 1.807) is 17.2 Å². The number of pyridine rings is 2. The van der Waals surface area contributed by atoms with Gasteiger partial charge in [-0.15, -0.1) is 0 Å². The van der Waals surface area contributed by atoms with Crippen molar-refractivity contribution < 1.29 is 0 Å². The Balaban J connectivity index is 1.25. The average Bonchev–Trinajstić information content (AvgIpc) is 3.34. The first-order valence-electron chi connectivity index (χ1n) is 11.9. The smallest absolute Gasteiger partial charge is 0.155 e. The minimum absolute atomic E-state index is 0.436. The molecule has 1 aliphatic heterocycles. The summed E-state index contributed by atoms with van der Waals surface area (Å²) in [5.74, 6) is 1.74. The molecule has 0 radical (unpaired) electrons. The minimum atomic E-state index is 0.436. The third-order valence-electron chi connectivity index (χ3n) is 6.55. The lowest BCUT2D eigenvalue weighted by Crippen LogP contribution is -2.49. The largest absolute Gasteiger partial charge is 0.354 e. The van der Waals surface area contributed by atoms with E-state index in [1.165, 1.54) is 16.7 Å². The lowest BCUT2D eigenvalue weighted by atomic mass is 10.0. The van der Waals surface area contributed by atoms with Gasteiger partial charge in [0.15, 0.2) is 5.65 Å². The molecule has 0 spiro atoms. The summed E-state index contributed by atoms with van der Waals surface area (Å²) in [7, 11) is 0. The number of nitrogens with one attached hydrogen (secondary N) is 2. The number of aromatic nitrogens is 6. The Morgan fingerprint density at radius 1 is 1.06 bits per heavy atom. The van der Waals surface area contributed by atoms with E-state index in [1.807, 2.05) is 12.4 Å². The van der Waals surface area contributed by atoms with Crippen LogP contribution in [0.4, 0.5) is 17.3 Å². The highest BCUT2D eigenvalue weighted by atomic mass is 15.3. The molecule has 1 saturated heterocycles. The summed E-state index contributed by atoms with van der Waals surface area (Å²) in [5.41, 5.74) is 6.37. The predicted molar refractivity (Wildman–Crippen MR) is 137 cm³/mol. The monoisotopic (exact) mass is 465 g/mol. The fraction of sp³-hybridized carbons (Fsp3) is 0.269. The van der Waals surface area contributed by atoms with Gasteiger partial charge in [0.05, 0.1) is 11.7 Å². The Bertz CT molecular complexity index is 1510. The van der Waals surface area contributed by atoms with Crippen LogP contribution in [0, 0.1) is 6.92 Å². The van der Waals surface area contributed by atoms with Crippen LogP contribution in [0.15, 0.2) is 61.4 Å². The maximum absolute atomic E-state index is 4.66. The van der Waals surface area contributed by atoms with Crippen LogP contribution in [0.3, 0.4) is 0 Å². The zero-order chi connectivity index (χ0) is 23.8. The molecule has 1 fully saturated rings. The van der Waals surface area contributed by atoms with E-state index >= 15 is 0 Å². The summed E-state index contributed by atoms with van der Waals surface area (Å²) >= 11 is 0. The first-order valence-corrected chi connectivity index (χ1v) is 11.9. The van der Waals surface area contributed by atoms with Crippen molar-refractivity contribution in [2.24, 2.45) is 0 Å². The molecular weight excluding hydrogens is 438 g/mol. The van der Waals surface area contributed by atoms with E-state index in [9.17, 15) is 0 Å². The standard InChI is InChI=1S/C26H27N9/c1-17-9-21(4-3-20(17)10-19-5-7-35-25(11-19)30-16-32-35)33-26-22-12-24(28-13-23(22)29-15-31-26)34-8-6-27-18(2)14-34/h3-5,7,9,11-13,15-16,18,27H,6,8,10,14H2,1-2H3,(H,29,31,33). The van der Waals surface area contributed by atoms with Crippen LogP contribution >= 0.6 is 0 Å². The van der Waals surface area contributed by atoms with Crippen molar-refractivity contribution in [1.29, 1.82) is 0 Å². The lowest BCUT2D eigenvalue weighted by Gasteiger charge is -2.32. The fourth-order valence-electron chi connectivity index (χ4n) is 4.66. The molecule has 9 nitrogen and oxygen atoms in total. The van der Waals surface area contributed by atoms with Crippen LogP contribution in [0.5, 0.6) is 0 Å². The van der Waals surface area contributed by atoms with E-state index in [0.29, 0.717) is 6.04 Å². The average molecular weight is 466 g/mol. The molecule has 1 aromatic carbocycles. The summed E-state index contributed by atoms with van der Waals surface area (Å²) in [4.78, 5) is 20.2. The summed E-state index contributed by atoms with van der Waals surface area (Å²) in [5, 5.41) is 12.1. The van der Waals surface area contributed by atoms with Crippen LogP contribution in [0.2, 0.25) is 0 Å². The number of rotatable bonds is 5. The van der Waals surface area contributed by atoms with E-state index in [0.717, 1.165) is 59.9 Å². The molecule has 1 atom stereocenters. The van der Waals surface area contributed by atoms with Gasteiger partial charge in [-0.3, -0.25) is 0 Å². The Labute approximate surface area is 203 Å². The van der Waals surface area contributed by atoms with E-state index < -0.39 is 0 Å². The number of fused-ring (bicyclic) bond motifs is 2. The van der Waals surface area contributed by atoms with Crippen molar-refractivity contribution in [1.82, 2.24) is 34.9 Å². The van der Waals surface area contributed by atoms with Gasteiger partial charge in [-0.1, -0.05) is 6.07 Å². The molecule has 9 heteroatoms. The molecule has 0 amide bonds. The van der Waals surface area contributed by atoms with E-state index in [-0.39, 0.29) is 0 Å². The van der Waals surface area contributed by atoms with Gasteiger partial charge in [-0.05, 0) is 67.3 Å². The van der Waals surface area contributed by atoms with Crippen LogP contribution in [0.25, 0.3) is 16.6 Å². The van der Waals surface area contributed by atoms with Gasteiger partial charge in [0.1, 0.15) is 24.3 Å². The van der Waals surface area contributed by atoms with Crippen LogP contribution in [0.1, 0.15) is 23.6 Å². The van der Waals surface area contributed by atoms with Crippen LogP contribution < -0.4 is 15.5 Å². The minimum Gasteiger partial charge on any atom is -0.354 e. The van der Waals surface area contributed by atoms with Crippen LogP contribution in [-0.4, -0.2) is 55.2 Å². The maximum Gasteiger partial charge on any atom is 0.155 e. The second-order valence-electron chi connectivity index (χ2n) is 9.12. The topological polar surface area (TPSA) is 96.2 Å². The van der Waals surface area contributed by atoms with Crippen molar-refractivity contribution in [3.8, 4) is 0 Å². The van der Waals surface area contributed by atoms with Gasteiger partial charge < -0.3 is 15.5 Å². The maximum atomic E-state index is 4.66. The molecule has 1 aliphatic rings. The lowest BCUT2D eigenvalue weighted by molar-refractivity contribution is 0.482. The zero-order valence-electron chi connectivity index (χ0n) is 19.8. The first kappa shape index (κ1) is 21.4. The SMILES string of the molecule is Cc1cc(Nc2ncnc3cnc(N4CCNC(C)C4)cc23)ccc1Cc1ccn2ncnc2c1. The van der Waals surface area contributed by atoms with Gasteiger partial charge in [-0.2, -0.15) is 5.10 Å². The molecule has 35 heavy (non-hydrogen) atoms. The number of hydrogen-bond acceptors (Lipinski definition) is 8. The van der Waals surface area contributed by atoms with Crippen molar-refractivity contribution in [2.45, 2.75) is 26.3 Å². The number of anilines is 3. The fourth-order valence-corrected chi connectivity index (χ4v) is 4.66. The predicted octanol–water partition coefficient (Wildman–Crippen LogP) is 3.51. The van der Waals surface area contributed by atoms with Crippen molar-refractivity contribution in [2.75, 3.05) is 29.9 Å². The molecule has 5 aromatic rings. The van der Waals surface area contributed by atoms with Gasteiger partial charge >= 0.3 is 0 Å². The van der Waals surface area contributed by atoms with Gasteiger partial charge in [0.2, 0.25) is 0 Å². The van der Waals surface area contributed by atoms with Crippen molar-refractivity contribution in [3.05, 3.63) is 78.1 Å². The molecule has 2 N–H and O–H groups in total. The molecule has 0 bridgehead atoms. The Kier molecular flexibility index (Phi) is 5.46. The Morgan fingerprint density at radius 2 is 2.00 bits per heavy atom. The van der Waals surface area contributed by atoms with Crippen molar-refractivity contribution >= 4 is 33.9 Å². The van der Waals surface area contributed by atoms with Gasteiger partial charge in [-0.25, -0.2) is 24.5 Å². The first-order chi connectivity index (χ1) is 17.1. The number of hydrogen-bond donors (Lipinski definition) is 2. The molecule has 1 unspecified atom stereocenters. The zero-order valence-corrected chi connectivity index (χ0v) is 19.8. The normalized spacial score (nSPS) is 16.2. The van der Waals surface area contributed by atoms with Gasteiger partial charge in [0, 0.05) is 42.9 Å². The van der Waals surface area contributed by atoms with Gasteiger partial charge in [0.25, 0.3) is 0 Å². The molecule has 0 aliphatic carbocycles. The molecule has 6 rings (SSSR count). The summed E-state index contributed by atoms with van der Waals surface area (Å²) in [6.07, 6.45) is 7.79. The molecular formula is C26H27N9. The Morgan fingerprint density at radius 3 is 2.89 bits per heavy atom. The van der Waals surface area contributed by atoms with Crippen LogP contribution in [-0.2, 0) is 6.42 Å². The second kappa shape index (κ2) is 8.92. The molecule has 5 heterocycles. The van der Waals surface area contributed by atoms with Crippen molar-refractivity contribution in [3.63, 3.8) is 0 Å². The highest BCUT2D eigenvalue weighted by molar-refractivity contribution is 5.91. The number of aryl methyl sites for hydroxylation is 1. The summed E-state index contributed by atoms with van der Waals surface area (Å²) in [6, 6.07) is 13.1. The Hall–Kier alpha value is -4.11. The third-order valence-corrected chi connectivity index (χ3v) is 6.55. The molecule has 0 saturated carbocycles. The summed E-state index contributed by atoms with van der Waals surface area (Å²) < 4.78 is 1.78. The summed E-state index contributed by atoms with van der Waals surface area (Å²) in [6.45, 7) is 7.16. The van der Waals surface area contributed by atoms with E-state index in [2.05, 4.69) is 90.8 Å². The highest BCUT2D eigenvalue weighted by Gasteiger charge is 2.18. The molecule has 176 valence electrons. The number of nitrogens with zero attached hydrogens (tertiary/aromatic N) is 7. The number of benzene rings is 1. The molecule has 4 aromatic heterocycles. The third kappa shape index (κ3) is 4.38. The quantitative estimate of drug-likeness (QED) is 0.407. The number of piperazine rings is 1. The highest BCUT2D eigenvalue weighted by Crippen LogP contribution is 2.27.